The van der Waals surface area contributed by atoms with Gasteiger partial charge in [-0.05, 0) is 24.2 Å². The summed E-state index contributed by atoms with van der Waals surface area (Å²) < 4.78 is 22.5. The van der Waals surface area contributed by atoms with Crippen LogP contribution in [0.5, 0.6) is 0 Å². The third-order valence-corrected chi connectivity index (χ3v) is 8.65. The van der Waals surface area contributed by atoms with Crippen molar-refractivity contribution in [3.05, 3.63) is 0 Å². The molecule has 0 aromatic heterocycles. The molecule has 2 aliphatic carbocycles. The predicted molar refractivity (Wildman–Crippen MR) is 106 cm³/mol. The summed E-state index contributed by atoms with van der Waals surface area (Å²) in [4.78, 5) is 0. The summed E-state index contributed by atoms with van der Waals surface area (Å²) >= 11 is 0. The third kappa shape index (κ3) is 3.62. The molecule has 0 amide bonds. The van der Waals surface area contributed by atoms with Crippen LogP contribution in [0, 0.1) is 16.7 Å². The maximum atomic E-state index is 10.5. The number of aliphatic hydroxyl groups excluding tert-OH is 6. The van der Waals surface area contributed by atoms with Crippen molar-refractivity contribution >= 4 is 0 Å². The molecule has 0 radical (unpaired) electrons. The second kappa shape index (κ2) is 8.35. The fourth-order valence-electron chi connectivity index (χ4n) is 5.89. The molecule has 4 fully saturated rings. The Morgan fingerprint density at radius 3 is 2.19 bits per heavy atom. The lowest BCUT2D eigenvalue weighted by Gasteiger charge is -2.45. The van der Waals surface area contributed by atoms with Crippen LogP contribution in [0.2, 0.25) is 0 Å². The van der Waals surface area contributed by atoms with E-state index in [4.69, 9.17) is 18.9 Å². The molecule has 2 bridgehead atoms. The molecule has 186 valence electrons. The van der Waals surface area contributed by atoms with Gasteiger partial charge in [0, 0.05) is 5.41 Å². The minimum absolute atomic E-state index is 0.0409. The van der Waals surface area contributed by atoms with Crippen LogP contribution in [0.3, 0.4) is 0 Å². The number of aliphatic hydroxyl groups is 7. The van der Waals surface area contributed by atoms with Crippen LogP contribution in [-0.4, -0.2) is 116 Å². The van der Waals surface area contributed by atoms with Gasteiger partial charge in [0.15, 0.2) is 12.6 Å². The summed E-state index contributed by atoms with van der Waals surface area (Å²) in [5.41, 5.74) is -2.40. The molecule has 11 heteroatoms. The van der Waals surface area contributed by atoms with Gasteiger partial charge in [0.25, 0.3) is 0 Å². The molecule has 4 rings (SSSR count). The Hall–Kier alpha value is -0.440. The zero-order valence-corrected chi connectivity index (χ0v) is 18.6. The lowest BCUT2D eigenvalue weighted by Crippen LogP contribution is -2.60. The largest absolute Gasteiger partial charge is 0.393 e. The number of hydrogen-bond donors (Lipinski definition) is 7. The molecule has 4 aliphatic rings. The van der Waals surface area contributed by atoms with E-state index in [1.54, 1.807) is 0 Å². The standard InChI is InChI=1S/C21H36O11/c1-19(2)9-4-12(20(19,3)5-10(9)23)32-17-15(26)14(25)13(24)11(31-17)6-29-18-16(27)21(28,7-22)8-30-18/h9-18,22-28H,4-8H2,1-3H3/t9-,10+,11+,12-,13+,14-,15+,16+,17-,18-,20-,21+/m1/s1. The lowest BCUT2D eigenvalue weighted by molar-refractivity contribution is -0.326. The highest BCUT2D eigenvalue weighted by molar-refractivity contribution is 5.14. The fraction of sp³-hybridized carbons (Fsp3) is 1.00. The van der Waals surface area contributed by atoms with Gasteiger partial charge in [-0.25, -0.2) is 0 Å². The van der Waals surface area contributed by atoms with Crippen molar-refractivity contribution in [2.75, 3.05) is 19.8 Å². The van der Waals surface area contributed by atoms with E-state index in [0.717, 1.165) is 0 Å². The molecule has 2 heterocycles. The summed E-state index contributed by atoms with van der Waals surface area (Å²) in [5, 5.41) is 70.9. The van der Waals surface area contributed by atoms with Crippen molar-refractivity contribution in [1.29, 1.82) is 0 Å². The van der Waals surface area contributed by atoms with Crippen LogP contribution in [0.15, 0.2) is 0 Å². The summed E-state index contributed by atoms with van der Waals surface area (Å²) in [5.74, 6) is 0.0409. The minimum Gasteiger partial charge on any atom is -0.393 e. The van der Waals surface area contributed by atoms with Crippen LogP contribution >= 0.6 is 0 Å². The fourth-order valence-corrected chi connectivity index (χ4v) is 5.89. The van der Waals surface area contributed by atoms with E-state index < -0.39 is 61.4 Å². The summed E-state index contributed by atoms with van der Waals surface area (Å²) in [6.07, 6.45) is -9.28. The highest BCUT2D eigenvalue weighted by Crippen LogP contribution is 2.66. The minimum atomic E-state index is -1.85. The van der Waals surface area contributed by atoms with E-state index in [-0.39, 0.29) is 36.1 Å². The van der Waals surface area contributed by atoms with E-state index in [1.165, 1.54) is 0 Å². The maximum absolute atomic E-state index is 10.5. The van der Waals surface area contributed by atoms with Gasteiger partial charge >= 0.3 is 0 Å². The number of hydrogen-bond acceptors (Lipinski definition) is 11. The molecule has 32 heavy (non-hydrogen) atoms. The lowest BCUT2D eigenvalue weighted by atomic mass is 9.70. The Balaban J connectivity index is 1.40. The second-order valence-electron chi connectivity index (χ2n) is 10.6. The molecule has 2 saturated carbocycles. The molecule has 11 nitrogen and oxygen atoms in total. The second-order valence-corrected chi connectivity index (χ2v) is 10.6. The van der Waals surface area contributed by atoms with Gasteiger partial charge in [0.2, 0.25) is 0 Å². The molecular formula is C21H36O11. The monoisotopic (exact) mass is 464 g/mol. The average Bonchev–Trinajstić information content (AvgIpc) is 3.20. The molecule has 0 aromatic carbocycles. The van der Waals surface area contributed by atoms with Crippen molar-refractivity contribution in [3.63, 3.8) is 0 Å². The third-order valence-electron chi connectivity index (χ3n) is 8.65. The Morgan fingerprint density at radius 1 is 0.969 bits per heavy atom. The van der Waals surface area contributed by atoms with E-state index in [1.807, 2.05) is 6.92 Å². The normalized spacial score (nSPS) is 54.9. The SMILES string of the molecule is CC1(C)[C@@H]2C[C@@H](O[C@H]3O[C@@H](CO[C@@H]4OC[C@@](O)(CO)[C@H]4O)[C@H](O)[C@@H](O)[C@@H]3O)[C@@]1(C)C[C@@H]2O. The summed E-state index contributed by atoms with van der Waals surface area (Å²) in [6, 6.07) is 0. The van der Waals surface area contributed by atoms with Gasteiger partial charge in [-0.2, -0.15) is 0 Å². The van der Waals surface area contributed by atoms with E-state index >= 15 is 0 Å². The van der Waals surface area contributed by atoms with Gasteiger partial charge in [-0.1, -0.05) is 20.8 Å². The van der Waals surface area contributed by atoms with Gasteiger partial charge < -0.3 is 54.7 Å². The maximum Gasteiger partial charge on any atom is 0.186 e. The average molecular weight is 465 g/mol. The zero-order valence-electron chi connectivity index (χ0n) is 18.6. The molecule has 0 unspecified atom stereocenters. The Morgan fingerprint density at radius 2 is 1.66 bits per heavy atom. The van der Waals surface area contributed by atoms with Gasteiger partial charge in [0.1, 0.15) is 36.1 Å². The van der Waals surface area contributed by atoms with Crippen LogP contribution in [0.25, 0.3) is 0 Å². The van der Waals surface area contributed by atoms with E-state index in [2.05, 4.69) is 13.8 Å². The number of ether oxygens (including phenoxy) is 4. The van der Waals surface area contributed by atoms with Gasteiger partial charge in [0.05, 0.1) is 32.0 Å². The first-order chi connectivity index (χ1) is 14.9. The molecule has 2 aliphatic heterocycles. The molecule has 0 spiro atoms. The van der Waals surface area contributed by atoms with Crippen LogP contribution < -0.4 is 0 Å². The first kappa shape index (κ1) is 24.7. The topological polar surface area (TPSA) is 179 Å². The number of fused-ring (bicyclic) bond motifs is 2. The molecule has 12 atom stereocenters. The van der Waals surface area contributed by atoms with Crippen molar-refractivity contribution in [3.8, 4) is 0 Å². The van der Waals surface area contributed by atoms with Gasteiger partial charge in [-0.3, -0.25) is 0 Å². The predicted octanol–water partition coefficient (Wildman–Crippen LogP) is -2.55. The highest BCUT2D eigenvalue weighted by Gasteiger charge is 2.66. The van der Waals surface area contributed by atoms with Crippen LogP contribution in [0.1, 0.15) is 33.6 Å². The Labute approximate surface area is 186 Å². The zero-order chi connectivity index (χ0) is 23.6. The van der Waals surface area contributed by atoms with Crippen molar-refractivity contribution in [2.45, 2.75) is 94.5 Å². The summed E-state index contributed by atoms with van der Waals surface area (Å²) in [6.45, 7) is 4.83. The highest BCUT2D eigenvalue weighted by atomic mass is 16.7. The first-order valence-corrected chi connectivity index (χ1v) is 11.1. The Kier molecular flexibility index (Phi) is 6.44. The first-order valence-electron chi connectivity index (χ1n) is 11.1. The smallest absolute Gasteiger partial charge is 0.186 e. The van der Waals surface area contributed by atoms with Crippen LogP contribution in [0.4, 0.5) is 0 Å². The van der Waals surface area contributed by atoms with E-state index in [9.17, 15) is 35.7 Å². The van der Waals surface area contributed by atoms with Crippen LogP contribution in [-0.2, 0) is 18.9 Å². The van der Waals surface area contributed by atoms with Crippen molar-refractivity contribution in [2.24, 2.45) is 16.7 Å². The van der Waals surface area contributed by atoms with Crippen molar-refractivity contribution < 1.29 is 54.7 Å². The molecule has 0 aromatic rings. The molecule has 2 saturated heterocycles. The quantitative estimate of drug-likeness (QED) is 0.220. The molecular weight excluding hydrogens is 428 g/mol. The Bertz CT molecular complexity index is 691. The summed E-state index contributed by atoms with van der Waals surface area (Å²) in [7, 11) is 0. The van der Waals surface area contributed by atoms with E-state index in [0.29, 0.717) is 12.8 Å². The number of rotatable bonds is 6. The molecule has 7 N–H and O–H groups in total. The van der Waals surface area contributed by atoms with Crippen molar-refractivity contribution in [1.82, 2.24) is 0 Å². The van der Waals surface area contributed by atoms with Gasteiger partial charge in [-0.15, -0.1) is 0 Å².